The van der Waals surface area contributed by atoms with E-state index in [0.717, 1.165) is 36.5 Å². The van der Waals surface area contributed by atoms with Crippen molar-refractivity contribution in [2.45, 2.75) is 39.3 Å². The van der Waals surface area contributed by atoms with Gasteiger partial charge in [0.25, 0.3) is 0 Å². The molecule has 0 saturated heterocycles. The van der Waals surface area contributed by atoms with Gasteiger partial charge in [-0.05, 0) is 36.6 Å². The summed E-state index contributed by atoms with van der Waals surface area (Å²) in [7, 11) is 0. The van der Waals surface area contributed by atoms with E-state index in [2.05, 4.69) is 30.5 Å². The summed E-state index contributed by atoms with van der Waals surface area (Å²) in [5.74, 6) is 0. The fourth-order valence-corrected chi connectivity index (χ4v) is 2.30. The third-order valence-corrected chi connectivity index (χ3v) is 3.54. The molecule has 0 aliphatic heterocycles. The maximum atomic E-state index is 6.16. The van der Waals surface area contributed by atoms with Crippen LogP contribution in [0.3, 0.4) is 0 Å². The lowest BCUT2D eigenvalue weighted by molar-refractivity contribution is 0.570. The van der Waals surface area contributed by atoms with Crippen LogP contribution in [0, 0.1) is 0 Å². The predicted molar refractivity (Wildman–Crippen MR) is 84.2 cm³/mol. The van der Waals surface area contributed by atoms with Crippen molar-refractivity contribution in [1.29, 1.82) is 0 Å². The molecule has 1 N–H and O–H groups in total. The van der Waals surface area contributed by atoms with Gasteiger partial charge in [0.05, 0.1) is 12.7 Å². The van der Waals surface area contributed by atoms with Crippen LogP contribution in [0.5, 0.6) is 0 Å². The highest BCUT2D eigenvalue weighted by Crippen LogP contribution is 2.16. The molecule has 3 nitrogen and oxygen atoms in total. The maximum Gasteiger partial charge on any atom is 0.0673 e. The molecule has 4 heteroatoms. The predicted octanol–water partition coefficient (Wildman–Crippen LogP) is 3.52. The van der Waals surface area contributed by atoms with E-state index in [9.17, 15) is 0 Å². The third-order valence-electron chi connectivity index (χ3n) is 3.17. The number of hydrogen-bond acceptors (Lipinski definition) is 2. The Labute approximate surface area is 126 Å². The molecule has 2 aromatic rings. The van der Waals surface area contributed by atoms with E-state index in [4.69, 9.17) is 11.6 Å². The minimum atomic E-state index is 0.554. The van der Waals surface area contributed by atoms with E-state index >= 15 is 0 Å². The number of nitrogens with zero attached hydrogens (tertiary/aromatic N) is 2. The van der Waals surface area contributed by atoms with Crippen molar-refractivity contribution in [1.82, 2.24) is 15.1 Å². The Kier molecular flexibility index (Phi) is 5.62. The van der Waals surface area contributed by atoms with Gasteiger partial charge in [-0.15, -0.1) is 0 Å². The first-order valence-electron chi connectivity index (χ1n) is 7.13. The number of hydrogen-bond donors (Lipinski definition) is 1. The first kappa shape index (κ1) is 15.1. The van der Waals surface area contributed by atoms with Gasteiger partial charge in [0.15, 0.2) is 0 Å². The normalized spacial score (nSPS) is 11.2. The Balaban J connectivity index is 1.85. The van der Waals surface area contributed by atoms with E-state index in [1.807, 2.05) is 35.1 Å². The summed E-state index contributed by atoms with van der Waals surface area (Å²) in [5.41, 5.74) is 2.38. The van der Waals surface area contributed by atoms with Gasteiger partial charge in [0, 0.05) is 17.3 Å². The van der Waals surface area contributed by atoms with Gasteiger partial charge < -0.3 is 5.32 Å². The molecule has 0 bridgehead atoms. The highest BCUT2D eigenvalue weighted by atomic mass is 35.5. The lowest BCUT2D eigenvalue weighted by Crippen LogP contribution is -2.23. The molecule has 0 aliphatic carbocycles. The van der Waals surface area contributed by atoms with Gasteiger partial charge in [-0.3, -0.25) is 4.68 Å². The zero-order chi connectivity index (χ0) is 14.4. The van der Waals surface area contributed by atoms with Crippen LogP contribution in [0.1, 0.15) is 31.4 Å². The van der Waals surface area contributed by atoms with E-state index in [1.165, 1.54) is 5.56 Å². The van der Waals surface area contributed by atoms with Gasteiger partial charge in [0.2, 0.25) is 0 Å². The van der Waals surface area contributed by atoms with Crippen LogP contribution in [0.4, 0.5) is 0 Å². The van der Waals surface area contributed by atoms with Crippen molar-refractivity contribution in [3.8, 4) is 0 Å². The lowest BCUT2D eigenvalue weighted by Gasteiger charge is -2.06. The van der Waals surface area contributed by atoms with E-state index < -0.39 is 0 Å². The fourth-order valence-electron chi connectivity index (χ4n) is 2.11. The molecule has 0 saturated carbocycles. The summed E-state index contributed by atoms with van der Waals surface area (Å²) in [4.78, 5) is 0. The first-order chi connectivity index (χ1) is 9.65. The standard InChI is InChI=1S/C16H22ClN3/c1-13(2)18-9-5-6-14-10-19-20(11-14)12-15-7-3-4-8-16(15)17/h3-4,7-8,10-11,13,18H,5-6,9,12H2,1-2H3. The van der Waals surface area contributed by atoms with Crippen molar-refractivity contribution in [3.05, 3.63) is 52.8 Å². The Morgan fingerprint density at radius 2 is 2.10 bits per heavy atom. The molecule has 108 valence electrons. The number of halogens is 1. The van der Waals surface area contributed by atoms with Crippen molar-refractivity contribution < 1.29 is 0 Å². The monoisotopic (exact) mass is 291 g/mol. The highest BCUT2D eigenvalue weighted by Gasteiger charge is 2.03. The van der Waals surface area contributed by atoms with E-state index in [1.54, 1.807) is 0 Å². The summed E-state index contributed by atoms with van der Waals surface area (Å²) in [6.07, 6.45) is 6.25. The van der Waals surface area contributed by atoms with Crippen molar-refractivity contribution in [2.75, 3.05) is 6.54 Å². The molecular weight excluding hydrogens is 270 g/mol. The largest absolute Gasteiger partial charge is 0.315 e. The van der Waals surface area contributed by atoms with Gasteiger partial charge in [0.1, 0.15) is 0 Å². The van der Waals surface area contributed by atoms with Crippen molar-refractivity contribution in [3.63, 3.8) is 0 Å². The van der Waals surface area contributed by atoms with Crippen molar-refractivity contribution >= 4 is 11.6 Å². The Morgan fingerprint density at radius 1 is 1.30 bits per heavy atom. The van der Waals surface area contributed by atoms with Gasteiger partial charge in [-0.2, -0.15) is 5.10 Å². The second-order valence-corrected chi connectivity index (χ2v) is 5.76. The van der Waals surface area contributed by atoms with E-state index in [0.29, 0.717) is 6.04 Å². The average Bonchev–Trinajstić information content (AvgIpc) is 2.85. The van der Waals surface area contributed by atoms with Gasteiger partial charge in [-0.25, -0.2) is 0 Å². The summed E-state index contributed by atoms with van der Waals surface area (Å²) in [5, 5.41) is 8.63. The third kappa shape index (κ3) is 4.66. The molecule has 0 amide bonds. The van der Waals surface area contributed by atoms with Gasteiger partial charge >= 0.3 is 0 Å². The minimum Gasteiger partial charge on any atom is -0.315 e. The second-order valence-electron chi connectivity index (χ2n) is 5.35. The summed E-state index contributed by atoms with van der Waals surface area (Å²) in [6.45, 7) is 6.11. The maximum absolute atomic E-state index is 6.16. The zero-order valence-corrected chi connectivity index (χ0v) is 12.9. The van der Waals surface area contributed by atoms with Crippen LogP contribution in [-0.4, -0.2) is 22.4 Å². The van der Waals surface area contributed by atoms with Gasteiger partial charge in [-0.1, -0.05) is 43.6 Å². The Morgan fingerprint density at radius 3 is 2.85 bits per heavy atom. The first-order valence-corrected chi connectivity index (χ1v) is 7.51. The Hall–Kier alpha value is -1.32. The SMILES string of the molecule is CC(C)NCCCc1cnn(Cc2ccccc2Cl)c1. The van der Waals surface area contributed by atoms with Crippen LogP contribution >= 0.6 is 11.6 Å². The smallest absolute Gasteiger partial charge is 0.0673 e. The number of nitrogens with one attached hydrogen (secondary N) is 1. The van der Waals surface area contributed by atoms with Crippen LogP contribution in [0.15, 0.2) is 36.7 Å². The van der Waals surface area contributed by atoms with Crippen LogP contribution in [-0.2, 0) is 13.0 Å². The molecule has 1 heterocycles. The quantitative estimate of drug-likeness (QED) is 0.791. The molecule has 0 radical (unpaired) electrons. The second kappa shape index (κ2) is 7.46. The number of benzene rings is 1. The molecule has 0 spiro atoms. The summed E-state index contributed by atoms with van der Waals surface area (Å²) in [6, 6.07) is 8.46. The highest BCUT2D eigenvalue weighted by molar-refractivity contribution is 6.31. The number of aryl methyl sites for hydroxylation is 1. The van der Waals surface area contributed by atoms with E-state index in [-0.39, 0.29) is 0 Å². The number of rotatable bonds is 7. The Bertz CT molecular complexity index is 534. The molecule has 20 heavy (non-hydrogen) atoms. The fraction of sp³-hybridized carbons (Fsp3) is 0.438. The molecule has 0 unspecified atom stereocenters. The molecular formula is C16H22ClN3. The summed E-state index contributed by atoms with van der Waals surface area (Å²) >= 11 is 6.16. The molecule has 0 aliphatic rings. The zero-order valence-electron chi connectivity index (χ0n) is 12.1. The molecule has 2 rings (SSSR count). The van der Waals surface area contributed by atoms with Crippen LogP contribution in [0.2, 0.25) is 5.02 Å². The molecule has 0 atom stereocenters. The minimum absolute atomic E-state index is 0.554. The van der Waals surface area contributed by atoms with Crippen molar-refractivity contribution in [2.24, 2.45) is 0 Å². The molecule has 0 fully saturated rings. The topological polar surface area (TPSA) is 29.9 Å². The molecule has 1 aromatic heterocycles. The summed E-state index contributed by atoms with van der Waals surface area (Å²) < 4.78 is 1.95. The average molecular weight is 292 g/mol. The van der Waals surface area contributed by atoms with Crippen LogP contribution in [0.25, 0.3) is 0 Å². The molecule has 1 aromatic carbocycles. The number of aromatic nitrogens is 2. The lowest BCUT2D eigenvalue weighted by atomic mass is 10.2. The van der Waals surface area contributed by atoms with Crippen LogP contribution < -0.4 is 5.32 Å².